The first kappa shape index (κ1) is 18.8. The van der Waals surface area contributed by atoms with E-state index in [4.69, 9.17) is 24.2 Å². The molecule has 2 aliphatic heterocycles. The molecule has 0 spiro atoms. The zero-order valence-electron chi connectivity index (χ0n) is 16.7. The molecule has 30 heavy (non-hydrogen) atoms. The van der Waals surface area contributed by atoms with Crippen molar-refractivity contribution in [2.24, 2.45) is 0 Å². The fourth-order valence-corrected chi connectivity index (χ4v) is 3.65. The predicted octanol–water partition coefficient (Wildman–Crippen LogP) is 3.27. The van der Waals surface area contributed by atoms with Crippen molar-refractivity contribution in [3.05, 3.63) is 53.9 Å². The van der Waals surface area contributed by atoms with Gasteiger partial charge in [0.05, 0.1) is 18.7 Å². The normalized spacial score (nSPS) is 16.4. The van der Waals surface area contributed by atoms with Gasteiger partial charge < -0.3 is 19.5 Å². The van der Waals surface area contributed by atoms with Crippen LogP contribution in [-0.4, -0.2) is 61.1 Å². The van der Waals surface area contributed by atoms with E-state index in [1.54, 1.807) is 0 Å². The third kappa shape index (κ3) is 4.22. The van der Waals surface area contributed by atoms with Crippen molar-refractivity contribution in [3.8, 4) is 11.5 Å². The molecule has 0 amide bonds. The number of para-hydroxylation sites is 1. The number of rotatable bonds is 6. The number of nitrogens with one attached hydrogen (secondary N) is 1. The fraction of sp³-hybridized carbons (Fsp3) is 0.304. The zero-order valence-corrected chi connectivity index (χ0v) is 16.7. The van der Waals surface area contributed by atoms with E-state index in [9.17, 15) is 0 Å². The summed E-state index contributed by atoms with van der Waals surface area (Å²) in [5.74, 6) is 3.07. The first-order chi connectivity index (χ1) is 14.8. The van der Waals surface area contributed by atoms with Gasteiger partial charge in [0.15, 0.2) is 17.3 Å². The van der Waals surface area contributed by atoms with Gasteiger partial charge in [0.2, 0.25) is 6.79 Å². The summed E-state index contributed by atoms with van der Waals surface area (Å²) in [6.07, 6.45) is 3.92. The van der Waals surface area contributed by atoms with Crippen LogP contribution in [0.15, 0.2) is 42.5 Å². The molecular weight excluding hydrogens is 380 g/mol. The Balaban J connectivity index is 1.34. The van der Waals surface area contributed by atoms with Crippen molar-refractivity contribution < 1.29 is 14.2 Å². The van der Waals surface area contributed by atoms with E-state index in [1.165, 1.54) is 0 Å². The summed E-state index contributed by atoms with van der Waals surface area (Å²) >= 11 is 0. The van der Waals surface area contributed by atoms with Gasteiger partial charge in [0, 0.05) is 31.6 Å². The van der Waals surface area contributed by atoms with Gasteiger partial charge in [0.1, 0.15) is 5.82 Å². The molecule has 0 unspecified atom stereocenters. The first-order valence-corrected chi connectivity index (χ1v) is 10.2. The Kier molecular flexibility index (Phi) is 5.46. The van der Waals surface area contributed by atoms with Crippen LogP contribution in [0, 0.1) is 0 Å². The summed E-state index contributed by atoms with van der Waals surface area (Å²) in [7, 11) is 0. The molecule has 1 saturated heterocycles. The number of anilines is 1. The van der Waals surface area contributed by atoms with Gasteiger partial charge in [-0.2, -0.15) is 0 Å². The highest BCUT2D eigenvalue weighted by atomic mass is 16.7. The monoisotopic (exact) mass is 404 g/mol. The van der Waals surface area contributed by atoms with Gasteiger partial charge >= 0.3 is 0 Å². The van der Waals surface area contributed by atoms with Crippen molar-refractivity contribution >= 4 is 28.9 Å². The summed E-state index contributed by atoms with van der Waals surface area (Å²) in [6.45, 7) is 5.65. The average Bonchev–Trinajstić information content (AvgIpc) is 3.26. The number of fused-ring (bicyclic) bond motifs is 2. The van der Waals surface area contributed by atoms with E-state index in [1.807, 2.05) is 48.6 Å². The van der Waals surface area contributed by atoms with Crippen molar-refractivity contribution in [1.82, 2.24) is 14.9 Å². The minimum absolute atomic E-state index is 0.274. The molecule has 0 aliphatic carbocycles. The lowest BCUT2D eigenvalue weighted by atomic mass is 10.2. The molecule has 154 valence electrons. The van der Waals surface area contributed by atoms with Crippen LogP contribution in [0.1, 0.15) is 11.4 Å². The highest BCUT2D eigenvalue weighted by Crippen LogP contribution is 2.33. The average molecular weight is 404 g/mol. The number of morpholine rings is 1. The Bertz CT molecular complexity index is 1060. The molecule has 0 saturated carbocycles. The predicted molar refractivity (Wildman–Crippen MR) is 117 cm³/mol. The number of hydrogen-bond acceptors (Lipinski definition) is 7. The van der Waals surface area contributed by atoms with Gasteiger partial charge in [-0.25, -0.2) is 9.97 Å². The molecule has 5 rings (SSSR count). The van der Waals surface area contributed by atoms with Gasteiger partial charge in [0.25, 0.3) is 0 Å². The maximum Gasteiger partial charge on any atom is 0.231 e. The number of benzene rings is 2. The largest absolute Gasteiger partial charge is 0.454 e. The molecule has 0 bridgehead atoms. The van der Waals surface area contributed by atoms with Crippen LogP contribution < -0.4 is 14.8 Å². The van der Waals surface area contributed by atoms with Crippen LogP contribution in [0.5, 0.6) is 11.5 Å². The standard InChI is InChI=1S/C23H24N4O3/c1-2-4-19-18(3-1)23(24-9-10-27-11-13-28-14-12-27)26-22(25-19)8-6-17-5-7-20-21(15-17)30-16-29-20/h1-8,15H,9-14,16H2,(H,24,25,26)/b8-6+. The minimum atomic E-state index is 0.274. The maximum absolute atomic E-state index is 5.45. The molecule has 1 fully saturated rings. The Morgan fingerprint density at radius 1 is 0.967 bits per heavy atom. The molecule has 2 aliphatic rings. The first-order valence-electron chi connectivity index (χ1n) is 10.2. The molecule has 1 N–H and O–H groups in total. The summed E-state index contributed by atoms with van der Waals surface area (Å²) < 4.78 is 16.2. The van der Waals surface area contributed by atoms with E-state index in [0.29, 0.717) is 5.82 Å². The SMILES string of the molecule is C(=C\c1nc(NCCN2CCOCC2)c2ccccc2n1)/c1ccc2c(c1)OCO2. The van der Waals surface area contributed by atoms with E-state index in [-0.39, 0.29) is 6.79 Å². The van der Waals surface area contributed by atoms with Crippen molar-refractivity contribution in [2.75, 3.05) is 51.5 Å². The maximum atomic E-state index is 5.45. The highest BCUT2D eigenvalue weighted by Gasteiger charge is 2.13. The summed E-state index contributed by atoms with van der Waals surface area (Å²) in [5.41, 5.74) is 1.93. The molecule has 0 radical (unpaired) electrons. The topological polar surface area (TPSA) is 68.7 Å². The molecule has 7 nitrogen and oxygen atoms in total. The second-order valence-corrected chi connectivity index (χ2v) is 7.27. The van der Waals surface area contributed by atoms with Gasteiger partial charge in [-0.1, -0.05) is 24.3 Å². The van der Waals surface area contributed by atoms with Crippen molar-refractivity contribution in [1.29, 1.82) is 0 Å². The number of ether oxygens (including phenoxy) is 3. The van der Waals surface area contributed by atoms with Crippen LogP contribution in [0.2, 0.25) is 0 Å². The molecule has 3 aromatic rings. The highest BCUT2D eigenvalue weighted by molar-refractivity contribution is 5.90. The second-order valence-electron chi connectivity index (χ2n) is 7.27. The van der Waals surface area contributed by atoms with Crippen LogP contribution in [-0.2, 0) is 4.74 Å². The van der Waals surface area contributed by atoms with Crippen LogP contribution in [0.25, 0.3) is 23.1 Å². The quantitative estimate of drug-likeness (QED) is 0.676. The third-order valence-corrected chi connectivity index (χ3v) is 5.27. The molecule has 2 aromatic carbocycles. The summed E-state index contributed by atoms with van der Waals surface area (Å²) in [5, 5.41) is 4.53. The van der Waals surface area contributed by atoms with Crippen molar-refractivity contribution in [3.63, 3.8) is 0 Å². The Labute approximate surface area is 175 Å². The van der Waals surface area contributed by atoms with Crippen LogP contribution in [0.3, 0.4) is 0 Å². The van der Waals surface area contributed by atoms with E-state index in [2.05, 4.69) is 16.3 Å². The summed E-state index contributed by atoms with van der Waals surface area (Å²) in [4.78, 5) is 11.9. The minimum Gasteiger partial charge on any atom is -0.454 e. The number of nitrogens with zero attached hydrogens (tertiary/aromatic N) is 3. The zero-order chi connectivity index (χ0) is 20.2. The van der Waals surface area contributed by atoms with Gasteiger partial charge in [-0.15, -0.1) is 0 Å². The van der Waals surface area contributed by atoms with Gasteiger partial charge in [-0.3, -0.25) is 4.90 Å². The summed E-state index contributed by atoms with van der Waals surface area (Å²) in [6, 6.07) is 14.0. The Morgan fingerprint density at radius 3 is 2.77 bits per heavy atom. The smallest absolute Gasteiger partial charge is 0.231 e. The lowest BCUT2D eigenvalue weighted by Crippen LogP contribution is -2.39. The van der Waals surface area contributed by atoms with Crippen molar-refractivity contribution in [2.45, 2.75) is 0 Å². The van der Waals surface area contributed by atoms with Crippen LogP contribution in [0.4, 0.5) is 5.82 Å². The Hall–Kier alpha value is -3.16. The fourth-order valence-electron chi connectivity index (χ4n) is 3.65. The number of aromatic nitrogens is 2. The second kappa shape index (κ2) is 8.69. The van der Waals surface area contributed by atoms with E-state index >= 15 is 0 Å². The van der Waals surface area contributed by atoms with Gasteiger partial charge in [-0.05, 0) is 35.9 Å². The molecular formula is C23H24N4O3. The molecule has 0 atom stereocenters. The lowest BCUT2D eigenvalue weighted by Gasteiger charge is -2.26. The lowest BCUT2D eigenvalue weighted by molar-refractivity contribution is 0.0398. The molecule has 7 heteroatoms. The van der Waals surface area contributed by atoms with E-state index in [0.717, 1.165) is 73.2 Å². The Morgan fingerprint density at radius 2 is 1.83 bits per heavy atom. The number of hydrogen-bond donors (Lipinski definition) is 1. The molecule has 1 aromatic heterocycles. The van der Waals surface area contributed by atoms with E-state index < -0.39 is 0 Å². The molecule has 3 heterocycles. The van der Waals surface area contributed by atoms with Crippen LogP contribution >= 0.6 is 0 Å². The third-order valence-electron chi connectivity index (χ3n) is 5.27.